The molecule has 0 atom stereocenters. The van der Waals surface area contributed by atoms with Gasteiger partial charge in [0.25, 0.3) is 0 Å². The molecule has 1 aromatic rings. The molecule has 0 saturated carbocycles. The SMILES string of the molecule is C=CCOc1[c-]ccc(F)c1.[Zn+][Br]. The van der Waals surface area contributed by atoms with Gasteiger partial charge >= 0.3 is 30.0 Å². The average Bonchev–Trinajstić information content (AvgIpc) is 2.18. The van der Waals surface area contributed by atoms with Crippen molar-refractivity contribution >= 4 is 13.6 Å². The van der Waals surface area contributed by atoms with E-state index in [1.807, 2.05) is 0 Å². The number of hydrogen-bond acceptors (Lipinski definition) is 1. The van der Waals surface area contributed by atoms with Gasteiger partial charge in [0.05, 0.1) is 0 Å². The number of benzene rings is 1. The van der Waals surface area contributed by atoms with Crippen LogP contribution in [0, 0.1) is 11.9 Å². The minimum atomic E-state index is -0.317. The van der Waals surface area contributed by atoms with E-state index in [0.29, 0.717) is 12.4 Å². The molecule has 0 unspecified atom stereocenters. The predicted octanol–water partition coefficient (Wildman–Crippen LogP) is 3.03. The van der Waals surface area contributed by atoms with Gasteiger partial charge in [0.2, 0.25) is 0 Å². The fourth-order valence-electron chi connectivity index (χ4n) is 0.650. The van der Waals surface area contributed by atoms with Gasteiger partial charge in [-0.2, -0.15) is 6.07 Å². The fraction of sp³-hybridized carbons (Fsp3) is 0.111. The second-order valence-electron chi connectivity index (χ2n) is 1.97. The summed E-state index contributed by atoms with van der Waals surface area (Å²) in [6.45, 7) is 3.84. The van der Waals surface area contributed by atoms with Crippen LogP contribution in [0.4, 0.5) is 4.39 Å². The topological polar surface area (TPSA) is 9.23 Å². The Morgan fingerprint density at radius 1 is 1.69 bits per heavy atom. The van der Waals surface area contributed by atoms with Gasteiger partial charge in [-0.15, -0.1) is 12.1 Å². The third-order valence-electron chi connectivity index (χ3n) is 1.09. The average molecular weight is 296 g/mol. The summed E-state index contributed by atoms with van der Waals surface area (Å²) in [5.41, 5.74) is 0. The van der Waals surface area contributed by atoms with Crippen molar-refractivity contribution in [3.63, 3.8) is 0 Å². The fourth-order valence-corrected chi connectivity index (χ4v) is 0.650. The van der Waals surface area contributed by atoms with Crippen LogP contribution in [0.25, 0.3) is 0 Å². The first-order valence-electron chi connectivity index (χ1n) is 3.50. The van der Waals surface area contributed by atoms with Crippen LogP contribution < -0.4 is 4.74 Å². The van der Waals surface area contributed by atoms with Gasteiger partial charge in [-0.3, -0.25) is 0 Å². The van der Waals surface area contributed by atoms with Crippen LogP contribution in [0.5, 0.6) is 5.75 Å². The summed E-state index contributed by atoms with van der Waals surface area (Å²) in [5.74, 6) is 0.0905. The minimum absolute atomic E-state index is 0.317. The molecule has 0 aliphatic rings. The number of ether oxygens (including phenoxy) is 1. The molecule has 66 valence electrons. The number of rotatable bonds is 3. The molecule has 1 rings (SSSR count). The summed E-state index contributed by atoms with van der Waals surface area (Å²) < 4.78 is 17.5. The molecule has 0 fully saturated rings. The zero-order valence-corrected chi connectivity index (χ0v) is 11.6. The van der Waals surface area contributed by atoms with Crippen LogP contribution in [-0.4, -0.2) is 6.61 Å². The normalized spacial score (nSPS) is 8.31. The molecular weight excluding hydrogens is 288 g/mol. The van der Waals surface area contributed by atoms with Gasteiger partial charge in [0, 0.05) is 11.6 Å². The van der Waals surface area contributed by atoms with E-state index >= 15 is 0 Å². The Morgan fingerprint density at radius 3 is 2.92 bits per heavy atom. The summed E-state index contributed by atoms with van der Waals surface area (Å²) >= 11 is 4.25. The van der Waals surface area contributed by atoms with Gasteiger partial charge in [0.15, 0.2) is 0 Å². The van der Waals surface area contributed by atoms with Crippen LogP contribution in [0.15, 0.2) is 30.9 Å². The molecule has 0 aliphatic heterocycles. The zero-order chi connectivity index (χ0) is 10.1. The quantitative estimate of drug-likeness (QED) is 0.473. The zero-order valence-electron chi connectivity index (χ0n) is 7.09. The molecular formula is C9H8BrFOZn. The van der Waals surface area contributed by atoms with Crippen molar-refractivity contribution in [2.45, 2.75) is 0 Å². The van der Waals surface area contributed by atoms with Gasteiger partial charge in [-0.05, 0) is 0 Å². The Morgan fingerprint density at radius 2 is 2.38 bits per heavy atom. The summed E-state index contributed by atoms with van der Waals surface area (Å²) in [7, 11) is 0. The van der Waals surface area contributed by atoms with Crippen LogP contribution in [0.2, 0.25) is 0 Å². The van der Waals surface area contributed by atoms with E-state index in [-0.39, 0.29) is 5.82 Å². The van der Waals surface area contributed by atoms with Crippen molar-refractivity contribution in [2.75, 3.05) is 6.61 Å². The van der Waals surface area contributed by atoms with Crippen molar-refractivity contribution in [3.8, 4) is 5.75 Å². The van der Waals surface area contributed by atoms with Crippen molar-refractivity contribution in [1.82, 2.24) is 0 Å². The molecule has 0 aromatic heterocycles. The second-order valence-corrected chi connectivity index (χ2v) is 1.97. The van der Waals surface area contributed by atoms with Crippen LogP contribution in [0.3, 0.4) is 0 Å². The number of hydrogen-bond donors (Lipinski definition) is 0. The van der Waals surface area contributed by atoms with Gasteiger partial charge in [-0.1, -0.05) is 18.7 Å². The van der Waals surface area contributed by atoms with E-state index in [4.69, 9.17) is 4.74 Å². The van der Waals surface area contributed by atoms with Crippen molar-refractivity contribution in [1.29, 1.82) is 0 Å². The van der Waals surface area contributed by atoms with Gasteiger partial charge in [0.1, 0.15) is 6.61 Å². The van der Waals surface area contributed by atoms with Crippen molar-refractivity contribution < 1.29 is 25.5 Å². The van der Waals surface area contributed by atoms with Gasteiger partial charge in [-0.25, -0.2) is 4.39 Å². The van der Waals surface area contributed by atoms with E-state index in [1.165, 1.54) is 34.5 Å². The predicted molar refractivity (Wildman–Crippen MR) is 49.9 cm³/mol. The molecule has 0 bridgehead atoms. The Bertz CT molecular complexity index is 255. The summed E-state index contributed by atoms with van der Waals surface area (Å²) in [5, 5.41) is 0. The standard InChI is InChI=1S/C9H8FO.BrH.Zn/c1-2-6-11-9-5-3-4-8(10)7-9;;/h2-4,7H,1,6H2;1H;/q-1;;+2/p-1. The molecule has 0 N–H and O–H groups in total. The maximum absolute atomic E-state index is 12.5. The first-order chi connectivity index (χ1) is 6.33. The Balaban J connectivity index is 0.000000671. The van der Waals surface area contributed by atoms with E-state index < -0.39 is 0 Å². The summed E-state index contributed by atoms with van der Waals surface area (Å²) in [6.07, 6.45) is 1.60. The third-order valence-corrected chi connectivity index (χ3v) is 1.09. The molecule has 4 heteroatoms. The summed E-state index contributed by atoms with van der Waals surface area (Å²) in [6, 6.07) is 6.82. The Hall–Kier alpha value is -0.207. The van der Waals surface area contributed by atoms with Crippen LogP contribution in [-0.2, 0) is 16.3 Å². The summed E-state index contributed by atoms with van der Waals surface area (Å²) in [4.78, 5) is 0. The molecule has 0 aliphatic carbocycles. The van der Waals surface area contributed by atoms with E-state index in [0.717, 1.165) is 0 Å². The van der Waals surface area contributed by atoms with E-state index in [2.05, 4.69) is 26.3 Å². The Kier molecular flexibility index (Phi) is 8.26. The molecule has 13 heavy (non-hydrogen) atoms. The Labute approximate surface area is 94.0 Å². The van der Waals surface area contributed by atoms with E-state index in [1.54, 1.807) is 6.08 Å². The molecule has 1 nitrogen and oxygen atoms in total. The van der Waals surface area contributed by atoms with Crippen LogP contribution >= 0.6 is 13.6 Å². The molecule has 0 heterocycles. The molecule has 0 amide bonds. The van der Waals surface area contributed by atoms with Gasteiger partial charge < -0.3 is 4.74 Å². The maximum atomic E-state index is 12.5. The second kappa shape index (κ2) is 8.39. The van der Waals surface area contributed by atoms with E-state index in [9.17, 15) is 4.39 Å². The van der Waals surface area contributed by atoms with Crippen molar-refractivity contribution in [3.05, 3.63) is 42.7 Å². The molecule has 1 aromatic carbocycles. The first-order valence-corrected chi connectivity index (χ1v) is 10.5. The van der Waals surface area contributed by atoms with Crippen molar-refractivity contribution in [2.24, 2.45) is 0 Å². The number of halogens is 2. The molecule has 0 saturated heterocycles. The van der Waals surface area contributed by atoms with Crippen LogP contribution in [0.1, 0.15) is 0 Å². The molecule has 0 radical (unpaired) electrons. The monoisotopic (exact) mass is 294 g/mol. The molecule has 0 spiro atoms. The first kappa shape index (κ1) is 12.8. The third kappa shape index (κ3) is 5.95.